The molecular weight excluding hydrogens is 416 g/mol. The van der Waals surface area contributed by atoms with E-state index in [0.717, 1.165) is 51.6 Å². The van der Waals surface area contributed by atoms with E-state index in [-0.39, 0.29) is 17.7 Å². The van der Waals surface area contributed by atoms with Gasteiger partial charge in [0.2, 0.25) is 11.8 Å². The normalized spacial score (nSPS) is 14.4. The van der Waals surface area contributed by atoms with E-state index in [9.17, 15) is 14.4 Å². The van der Waals surface area contributed by atoms with Gasteiger partial charge in [0.1, 0.15) is 0 Å². The Kier molecular flexibility index (Phi) is 17.7. The van der Waals surface area contributed by atoms with Crippen LogP contribution >= 0.6 is 0 Å². The summed E-state index contributed by atoms with van der Waals surface area (Å²) in [5, 5.41) is 11.3. The van der Waals surface area contributed by atoms with Gasteiger partial charge in [-0.3, -0.25) is 14.4 Å². The van der Waals surface area contributed by atoms with Crippen molar-refractivity contribution >= 4 is 17.8 Å². The van der Waals surface area contributed by atoms with E-state index in [4.69, 9.17) is 5.11 Å². The van der Waals surface area contributed by atoms with E-state index in [1.165, 1.54) is 77.0 Å². The lowest BCUT2D eigenvalue weighted by molar-refractivity contribution is -0.137. The smallest absolute Gasteiger partial charge is 0.303 e. The summed E-state index contributed by atoms with van der Waals surface area (Å²) in [7, 11) is 1.68. The fourth-order valence-electron chi connectivity index (χ4n) is 4.78. The zero-order valence-electron chi connectivity index (χ0n) is 21.3. The third-order valence-corrected chi connectivity index (χ3v) is 7.00. The monoisotopic (exact) mass is 466 g/mol. The second-order valence-electron chi connectivity index (χ2n) is 9.82. The number of hydrogen-bond donors (Lipinski definition) is 2. The summed E-state index contributed by atoms with van der Waals surface area (Å²) in [4.78, 5) is 36.4. The topological polar surface area (TPSA) is 86.7 Å². The number of hydrogen-bond acceptors (Lipinski definition) is 3. The maximum Gasteiger partial charge on any atom is 0.303 e. The SMILES string of the molecule is CNC(=O)C1CCN(C(=O)CCCCCCCCCCCCCCCCCCC(=O)O)CC1. The van der Waals surface area contributed by atoms with Gasteiger partial charge in [-0.25, -0.2) is 0 Å². The van der Waals surface area contributed by atoms with Crippen molar-refractivity contribution in [1.29, 1.82) is 0 Å². The largest absolute Gasteiger partial charge is 0.481 e. The molecule has 2 amide bonds. The molecule has 0 unspecified atom stereocenters. The van der Waals surface area contributed by atoms with Gasteiger partial charge in [-0.15, -0.1) is 0 Å². The second-order valence-corrected chi connectivity index (χ2v) is 9.82. The fraction of sp³-hybridized carbons (Fsp3) is 0.889. The lowest BCUT2D eigenvalue weighted by atomic mass is 9.95. The van der Waals surface area contributed by atoms with E-state index in [0.29, 0.717) is 12.8 Å². The molecule has 1 heterocycles. The Morgan fingerprint density at radius 2 is 1.03 bits per heavy atom. The van der Waals surface area contributed by atoms with Crippen LogP contribution in [0.25, 0.3) is 0 Å². The zero-order chi connectivity index (χ0) is 24.2. The van der Waals surface area contributed by atoms with Gasteiger partial charge >= 0.3 is 5.97 Å². The molecule has 0 saturated carbocycles. The lowest BCUT2D eigenvalue weighted by Gasteiger charge is -2.31. The summed E-state index contributed by atoms with van der Waals surface area (Å²) in [5.41, 5.74) is 0. The van der Waals surface area contributed by atoms with Gasteiger partial charge in [-0.2, -0.15) is 0 Å². The van der Waals surface area contributed by atoms with Crippen LogP contribution in [0.15, 0.2) is 0 Å². The van der Waals surface area contributed by atoms with Crippen molar-refractivity contribution in [1.82, 2.24) is 10.2 Å². The first-order chi connectivity index (χ1) is 16.0. The highest BCUT2D eigenvalue weighted by Crippen LogP contribution is 2.19. The average molecular weight is 467 g/mol. The van der Waals surface area contributed by atoms with Crippen molar-refractivity contribution in [3.8, 4) is 0 Å². The minimum Gasteiger partial charge on any atom is -0.481 e. The number of rotatable bonds is 20. The quantitative estimate of drug-likeness (QED) is 0.213. The maximum atomic E-state index is 12.3. The number of piperidine rings is 1. The van der Waals surface area contributed by atoms with Crippen LogP contribution in [0.4, 0.5) is 0 Å². The number of carbonyl (C=O) groups is 3. The van der Waals surface area contributed by atoms with E-state index >= 15 is 0 Å². The molecule has 0 atom stereocenters. The summed E-state index contributed by atoms with van der Waals surface area (Å²) < 4.78 is 0. The number of aliphatic carboxylic acids is 1. The van der Waals surface area contributed by atoms with Crippen LogP contribution < -0.4 is 5.32 Å². The highest BCUT2D eigenvalue weighted by Gasteiger charge is 2.26. The fourth-order valence-corrected chi connectivity index (χ4v) is 4.78. The summed E-state index contributed by atoms with van der Waals surface area (Å²) >= 11 is 0. The molecular formula is C27H50N2O4. The number of unbranched alkanes of at least 4 members (excludes halogenated alkanes) is 15. The van der Waals surface area contributed by atoms with E-state index < -0.39 is 5.97 Å². The van der Waals surface area contributed by atoms with E-state index in [1.54, 1.807) is 7.05 Å². The van der Waals surface area contributed by atoms with Gasteiger partial charge < -0.3 is 15.3 Å². The van der Waals surface area contributed by atoms with Crippen molar-refractivity contribution in [2.24, 2.45) is 5.92 Å². The minimum atomic E-state index is -0.672. The number of nitrogens with zero attached hydrogens (tertiary/aromatic N) is 1. The average Bonchev–Trinajstić information content (AvgIpc) is 2.82. The van der Waals surface area contributed by atoms with Gasteiger partial charge in [-0.05, 0) is 25.7 Å². The Balaban J connectivity index is 1.79. The third kappa shape index (κ3) is 15.8. The number of amides is 2. The molecule has 0 aromatic carbocycles. The van der Waals surface area contributed by atoms with Crippen LogP contribution in [0, 0.1) is 5.92 Å². The molecule has 192 valence electrons. The summed E-state index contributed by atoms with van der Waals surface area (Å²) in [6, 6.07) is 0. The Hall–Kier alpha value is -1.59. The number of nitrogens with one attached hydrogen (secondary N) is 1. The van der Waals surface area contributed by atoms with Crippen molar-refractivity contribution in [3.05, 3.63) is 0 Å². The molecule has 33 heavy (non-hydrogen) atoms. The standard InChI is InChI=1S/C27H50N2O4/c1-28-27(33)24-20-22-29(23-21-24)25(30)18-16-14-12-10-8-6-4-2-3-5-7-9-11-13-15-17-19-26(31)32/h24H,2-23H2,1H3,(H,28,33)(H,31,32). The lowest BCUT2D eigenvalue weighted by Crippen LogP contribution is -2.42. The number of likely N-dealkylation sites (tertiary alicyclic amines) is 1. The van der Waals surface area contributed by atoms with Gasteiger partial charge in [0, 0.05) is 38.9 Å². The molecule has 0 bridgehead atoms. The molecule has 1 fully saturated rings. The molecule has 0 radical (unpaired) electrons. The second kappa shape index (κ2) is 19.8. The van der Waals surface area contributed by atoms with Crippen LogP contribution in [0.5, 0.6) is 0 Å². The van der Waals surface area contributed by atoms with Crippen LogP contribution in [-0.4, -0.2) is 47.9 Å². The number of carbonyl (C=O) groups excluding carboxylic acids is 2. The Morgan fingerprint density at radius 1 is 0.667 bits per heavy atom. The molecule has 1 aliphatic rings. The van der Waals surface area contributed by atoms with Crippen molar-refractivity contribution < 1.29 is 19.5 Å². The summed E-state index contributed by atoms with van der Waals surface area (Å²) in [5.74, 6) is -0.217. The molecule has 6 nitrogen and oxygen atoms in total. The van der Waals surface area contributed by atoms with Crippen LogP contribution in [0.3, 0.4) is 0 Å². The van der Waals surface area contributed by atoms with Crippen molar-refractivity contribution in [3.63, 3.8) is 0 Å². The summed E-state index contributed by atoms with van der Waals surface area (Å²) in [6.07, 6.45) is 22.2. The predicted molar refractivity (Wildman–Crippen MR) is 134 cm³/mol. The third-order valence-electron chi connectivity index (χ3n) is 7.00. The van der Waals surface area contributed by atoms with E-state index in [1.807, 2.05) is 4.90 Å². The van der Waals surface area contributed by atoms with Crippen LogP contribution in [0.2, 0.25) is 0 Å². The summed E-state index contributed by atoms with van der Waals surface area (Å²) in [6.45, 7) is 1.46. The van der Waals surface area contributed by atoms with E-state index in [2.05, 4.69) is 5.32 Å². The van der Waals surface area contributed by atoms with Gasteiger partial charge in [0.15, 0.2) is 0 Å². The molecule has 0 aliphatic carbocycles. The predicted octanol–water partition coefficient (Wildman–Crippen LogP) is 6.08. The number of carboxylic acid groups (broad SMARTS) is 1. The molecule has 2 N–H and O–H groups in total. The zero-order valence-corrected chi connectivity index (χ0v) is 21.3. The first-order valence-electron chi connectivity index (χ1n) is 13.8. The highest BCUT2D eigenvalue weighted by molar-refractivity contribution is 5.79. The molecule has 0 aromatic heterocycles. The van der Waals surface area contributed by atoms with Crippen LogP contribution in [-0.2, 0) is 14.4 Å². The molecule has 0 aromatic rings. The van der Waals surface area contributed by atoms with Gasteiger partial charge in [0.25, 0.3) is 0 Å². The highest BCUT2D eigenvalue weighted by atomic mass is 16.4. The number of carboxylic acids is 1. The van der Waals surface area contributed by atoms with Gasteiger partial charge in [0.05, 0.1) is 0 Å². The van der Waals surface area contributed by atoms with Gasteiger partial charge in [-0.1, -0.05) is 89.9 Å². The molecule has 0 spiro atoms. The molecule has 1 saturated heterocycles. The first kappa shape index (κ1) is 29.4. The van der Waals surface area contributed by atoms with Crippen LogP contribution in [0.1, 0.15) is 128 Å². The molecule has 1 rings (SSSR count). The minimum absolute atomic E-state index is 0.0761. The maximum absolute atomic E-state index is 12.3. The molecule has 1 aliphatic heterocycles. The first-order valence-corrected chi connectivity index (χ1v) is 13.8. The Labute approximate surface area is 202 Å². The van der Waals surface area contributed by atoms with Crippen molar-refractivity contribution in [2.45, 2.75) is 128 Å². The Bertz CT molecular complexity index is 530. The van der Waals surface area contributed by atoms with Crippen molar-refractivity contribution in [2.75, 3.05) is 20.1 Å². The molecule has 6 heteroatoms. The Morgan fingerprint density at radius 3 is 1.39 bits per heavy atom.